The lowest BCUT2D eigenvalue weighted by atomic mass is 10.00. The van der Waals surface area contributed by atoms with E-state index in [2.05, 4.69) is 0 Å². The highest BCUT2D eigenvalue weighted by Crippen LogP contribution is 2.27. The summed E-state index contributed by atoms with van der Waals surface area (Å²) in [5, 5.41) is 0.629. The number of nitrogens with zero attached hydrogens (tertiary/aromatic N) is 1. The van der Waals surface area contributed by atoms with Gasteiger partial charge in [0.2, 0.25) is 11.8 Å². The number of Topliss-reactive ketones (excluding diaryl/α,β-unsaturated/α-hetero) is 1. The molecule has 0 aromatic heterocycles. The van der Waals surface area contributed by atoms with Crippen LogP contribution in [-0.2, 0) is 9.59 Å². The van der Waals surface area contributed by atoms with E-state index in [1.165, 1.54) is 12.1 Å². The normalized spacial score (nSPS) is 22.5. The van der Waals surface area contributed by atoms with Crippen molar-refractivity contribution in [1.82, 2.24) is 4.90 Å². The SMILES string of the molecule is CC1C(=O)N(CC(=O)c2ccc(Cl)cc2Cl)C(=O)C1C. The van der Waals surface area contributed by atoms with Crippen LogP contribution in [0, 0.1) is 11.8 Å². The Morgan fingerprint density at radius 3 is 2.20 bits per heavy atom. The molecular formula is C14H13Cl2NO3. The zero-order chi connectivity index (χ0) is 15.0. The van der Waals surface area contributed by atoms with Crippen LogP contribution in [0.15, 0.2) is 18.2 Å². The van der Waals surface area contributed by atoms with Gasteiger partial charge in [-0.3, -0.25) is 19.3 Å². The maximum Gasteiger partial charge on any atom is 0.233 e. The lowest BCUT2D eigenvalue weighted by Crippen LogP contribution is -2.35. The molecule has 1 aliphatic heterocycles. The molecule has 1 saturated heterocycles. The molecule has 0 aliphatic carbocycles. The van der Waals surface area contributed by atoms with Gasteiger partial charge in [0.15, 0.2) is 5.78 Å². The first kappa shape index (κ1) is 15.0. The Labute approximate surface area is 126 Å². The molecule has 0 N–H and O–H groups in total. The summed E-state index contributed by atoms with van der Waals surface area (Å²) in [5.74, 6) is -1.80. The first-order valence-electron chi connectivity index (χ1n) is 6.16. The summed E-state index contributed by atoms with van der Waals surface area (Å²) < 4.78 is 0. The van der Waals surface area contributed by atoms with Crippen LogP contribution >= 0.6 is 23.2 Å². The number of rotatable bonds is 3. The fraction of sp³-hybridized carbons (Fsp3) is 0.357. The molecule has 1 heterocycles. The van der Waals surface area contributed by atoms with Crippen LogP contribution in [0.1, 0.15) is 24.2 Å². The van der Waals surface area contributed by atoms with Gasteiger partial charge >= 0.3 is 0 Å². The largest absolute Gasteiger partial charge is 0.292 e. The second-order valence-corrected chi connectivity index (χ2v) is 5.73. The minimum Gasteiger partial charge on any atom is -0.292 e. The molecule has 0 spiro atoms. The Morgan fingerprint density at radius 1 is 1.15 bits per heavy atom. The molecule has 1 aromatic carbocycles. The molecule has 106 valence electrons. The number of likely N-dealkylation sites (tertiary alicyclic amines) is 1. The zero-order valence-electron chi connectivity index (χ0n) is 11.0. The number of hydrogen-bond donors (Lipinski definition) is 0. The minimum atomic E-state index is -0.393. The molecule has 1 fully saturated rings. The molecule has 2 atom stereocenters. The van der Waals surface area contributed by atoms with Crippen LogP contribution in [0.25, 0.3) is 0 Å². The predicted molar refractivity (Wildman–Crippen MR) is 75.8 cm³/mol. The molecule has 0 radical (unpaired) electrons. The van der Waals surface area contributed by atoms with Crippen LogP contribution < -0.4 is 0 Å². The third-order valence-corrected chi connectivity index (χ3v) is 4.14. The van der Waals surface area contributed by atoms with Crippen LogP contribution in [-0.4, -0.2) is 29.0 Å². The molecule has 2 amide bonds. The van der Waals surface area contributed by atoms with E-state index in [1.807, 2.05) is 0 Å². The van der Waals surface area contributed by atoms with Gasteiger partial charge in [0.1, 0.15) is 0 Å². The van der Waals surface area contributed by atoms with E-state index in [1.54, 1.807) is 19.9 Å². The van der Waals surface area contributed by atoms with E-state index < -0.39 is 11.8 Å². The number of imide groups is 1. The Bertz CT molecular complexity index is 580. The molecule has 1 aromatic rings. The number of hydrogen-bond acceptors (Lipinski definition) is 3. The van der Waals surface area contributed by atoms with Crippen molar-refractivity contribution in [2.24, 2.45) is 11.8 Å². The summed E-state index contributed by atoms with van der Waals surface area (Å²) >= 11 is 11.7. The summed E-state index contributed by atoms with van der Waals surface area (Å²) in [6, 6.07) is 4.49. The average Bonchev–Trinajstić information content (AvgIpc) is 2.56. The summed E-state index contributed by atoms with van der Waals surface area (Å²) in [6.07, 6.45) is 0. The molecule has 4 nitrogen and oxygen atoms in total. The van der Waals surface area contributed by atoms with Crippen molar-refractivity contribution in [2.45, 2.75) is 13.8 Å². The quantitative estimate of drug-likeness (QED) is 0.637. The fourth-order valence-corrected chi connectivity index (χ4v) is 2.64. The first-order valence-corrected chi connectivity index (χ1v) is 6.92. The molecule has 2 unspecified atom stereocenters. The lowest BCUT2D eigenvalue weighted by molar-refractivity contribution is -0.139. The zero-order valence-corrected chi connectivity index (χ0v) is 12.5. The molecule has 6 heteroatoms. The molecule has 20 heavy (non-hydrogen) atoms. The lowest BCUT2D eigenvalue weighted by Gasteiger charge is -2.14. The molecule has 2 rings (SSSR count). The first-order chi connectivity index (χ1) is 9.32. The minimum absolute atomic E-state index is 0.211. The maximum absolute atomic E-state index is 12.2. The number of carbonyl (C=O) groups is 3. The predicted octanol–water partition coefficient (Wildman–Crippen LogP) is 2.82. The summed E-state index contributed by atoms with van der Waals surface area (Å²) in [6.45, 7) is 3.09. The van der Waals surface area contributed by atoms with Gasteiger partial charge in [0, 0.05) is 22.4 Å². The van der Waals surface area contributed by atoms with E-state index in [4.69, 9.17) is 23.2 Å². The van der Waals surface area contributed by atoms with Crippen molar-refractivity contribution < 1.29 is 14.4 Å². The average molecular weight is 314 g/mol. The highest BCUT2D eigenvalue weighted by molar-refractivity contribution is 6.37. The van der Waals surface area contributed by atoms with Crippen molar-refractivity contribution in [3.05, 3.63) is 33.8 Å². The van der Waals surface area contributed by atoms with Gasteiger partial charge in [-0.2, -0.15) is 0 Å². The third-order valence-electron chi connectivity index (χ3n) is 3.59. The highest BCUT2D eigenvalue weighted by atomic mass is 35.5. The van der Waals surface area contributed by atoms with Crippen molar-refractivity contribution in [2.75, 3.05) is 6.54 Å². The van der Waals surface area contributed by atoms with Gasteiger partial charge < -0.3 is 0 Å². The molecular weight excluding hydrogens is 301 g/mol. The second kappa shape index (κ2) is 5.54. The van der Waals surface area contributed by atoms with E-state index in [0.29, 0.717) is 5.02 Å². The maximum atomic E-state index is 12.2. The van der Waals surface area contributed by atoms with Crippen molar-refractivity contribution in [3.63, 3.8) is 0 Å². The topological polar surface area (TPSA) is 54.5 Å². The van der Waals surface area contributed by atoms with Gasteiger partial charge in [0.25, 0.3) is 0 Å². The Hall–Kier alpha value is -1.39. The summed E-state index contributed by atoms with van der Waals surface area (Å²) in [5.41, 5.74) is 0.254. The Balaban J connectivity index is 2.20. The highest BCUT2D eigenvalue weighted by Gasteiger charge is 2.42. The van der Waals surface area contributed by atoms with Gasteiger partial charge in [-0.15, -0.1) is 0 Å². The van der Waals surface area contributed by atoms with Crippen molar-refractivity contribution >= 4 is 40.8 Å². The number of carbonyl (C=O) groups excluding carboxylic acids is 3. The van der Waals surface area contributed by atoms with Gasteiger partial charge in [-0.05, 0) is 18.2 Å². The van der Waals surface area contributed by atoms with Gasteiger partial charge in [0.05, 0.1) is 11.6 Å². The summed E-state index contributed by atoms with van der Waals surface area (Å²) in [4.78, 5) is 37.0. The van der Waals surface area contributed by atoms with Crippen molar-refractivity contribution in [1.29, 1.82) is 0 Å². The molecule has 0 bridgehead atoms. The van der Waals surface area contributed by atoms with E-state index in [-0.39, 0.29) is 34.7 Å². The number of benzene rings is 1. The van der Waals surface area contributed by atoms with Gasteiger partial charge in [-0.1, -0.05) is 37.0 Å². The number of ketones is 1. The van der Waals surface area contributed by atoms with Crippen LogP contribution in [0.2, 0.25) is 10.0 Å². The summed E-state index contributed by atoms with van der Waals surface area (Å²) in [7, 11) is 0. The van der Waals surface area contributed by atoms with E-state index >= 15 is 0 Å². The van der Waals surface area contributed by atoms with Crippen LogP contribution in [0.4, 0.5) is 0 Å². The Morgan fingerprint density at radius 2 is 1.70 bits per heavy atom. The van der Waals surface area contributed by atoms with E-state index in [9.17, 15) is 14.4 Å². The van der Waals surface area contributed by atoms with Crippen LogP contribution in [0.3, 0.4) is 0 Å². The molecule has 1 aliphatic rings. The molecule has 0 saturated carbocycles. The Kier molecular flexibility index (Phi) is 4.16. The second-order valence-electron chi connectivity index (χ2n) is 4.89. The van der Waals surface area contributed by atoms with E-state index in [0.717, 1.165) is 4.90 Å². The number of halogens is 2. The standard InChI is InChI=1S/C14H13Cl2NO3/c1-7-8(2)14(20)17(13(7)19)6-12(18)10-4-3-9(15)5-11(10)16/h3-5,7-8H,6H2,1-2H3. The smallest absolute Gasteiger partial charge is 0.233 e. The van der Waals surface area contributed by atoms with Crippen LogP contribution in [0.5, 0.6) is 0 Å². The van der Waals surface area contributed by atoms with Crippen molar-refractivity contribution in [3.8, 4) is 0 Å². The number of amides is 2. The van der Waals surface area contributed by atoms with Gasteiger partial charge in [-0.25, -0.2) is 0 Å². The fourth-order valence-electron chi connectivity index (χ4n) is 2.13. The third kappa shape index (κ3) is 2.58. The monoisotopic (exact) mass is 313 g/mol.